The van der Waals surface area contributed by atoms with Crippen molar-refractivity contribution >= 4 is 34.4 Å². The number of halogens is 3. The summed E-state index contributed by atoms with van der Waals surface area (Å²) in [4.78, 5) is 15.0. The van der Waals surface area contributed by atoms with E-state index in [4.69, 9.17) is 23.2 Å². The Balaban J connectivity index is 2.19. The molecule has 0 aromatic carbocycles. The highest BCUT2D eigenvalue weighted by molar-refractivity contribution is 6.41. The fourth-order valence-corrected chi connectivity index (χ4v) is 1.86. The van der Waals surface area contributed by atoms with Gasteiger partial charge in [-0.2, -0.15) is 0 Å². The van der Waals surface area contributed by atoms with Crippen molar-refractivity contribution < 1.29 is 4.39 Å². The van der Waals surface area contributed by atoms with Gasteiger partial charge in [0.15, 0.2) is 5.65 Å². The van der Waals surface area contributed by atoms with Crippen LogP contribution in [0.1, 0.15) is 0 Å². The molecule has 90 valence electrons. The van der Waals surface area contributed by atoms with Gasteiger partial charge in [-0.1, -0.05) is 23.2 Å². The molecule has 0 aliphatic heterocycles. The summed E-state index contributed by atoms with van der Waals surface area (Å²) < 4.78 is 13.1. The van der Waals surface area contributed by atoms with Crippen LogP contribution >= 0.6 is 23.2 Å². The van der Waals surface area contributed by atoms with Gasteiger partial charge in [0.2, 0.25) is 0 Å². The smallest absolute Gasteiger partial charge is 0.179 e. The molecule has 3 aromatic heterocycles. The Hall–Kier alpha value is -1.72. The summed E-state index contributed by atoms with van der Waals surface area (Å²) in [6, 6.07) is 2.95. The first kappa shape index (κ1) is 11.4. The number of H-pyrrole nitrogens is 1. The molecule has 0 amide bonds. The van der Waals surface area contributed by atoms with E-state index in [0.29, 0.717) is 27.6 Å². The highest BCUT2D eigenvalue weighted by Crippen LogP contribution is 2.25. The Morgan fingerprint density at radius 1 is 1.11 bits per heavy atom. The van der Waals surface area contributed by atoms with Gasteiger partial charge in [-0.3, -0.25) is 4.98 Å². The molecule has 0 unspecified atom stereocenters. The van der Waals surface area contributed by atoms with E-state index < -0.39 is 5.82 Å². The molecule has 0 radical (unpaired) electrons. The largest absolute Gasteiger partial charge is 0.336 e. The van der Waals surface area contributed by atoms with Gasteiger partial charge in [0.1, 0.15) is 16.8 Å². The first-order valence-electron chi connectivity index (χ1n) is 4.96. The van der Waals surface area contributed by atoms with Gasteiger partial charge >= 0.3 is 0 Å². The zero-order chi connectivity index (χ0) is 12.7. The molecule has 3 rings (SSSR count). The molecule has 0 saturated carbocycles. The summed E-state index contributed by atoms with van der Waals surface area (Å²) in [6.07, 6.45) is 2.63. The van der Waals surface area contributed by atoms with Crippen LogP contribution in [0, 0.1) is 5.82 Å². The van der Waals surface area contributed by atoms with E-state index in [1.165, 1.54) is 12.3 Å². The van der Waals surface area contributed by atoms with Gasteiger partial charge in [0.05, 0.1) is 16.7 Å². The van der Waals surface area contributed by atoms with Crippen molar-refractivity contribution in [3.8, 4) is 11.4 Å². The van der Waals surface area contributed by atoms with Crippen molar-refractivity contribution in [1.82, 2.24) is 19.9 Å². The highest BCUT2D eigenvalue weighted by atomic mass is 35.5. The third-order valence-corrected chi connectivity index (χ3v) is 3.04. The number of rotatable bonds is 1. The summed E-state index contributed by atoms with van der Waals surface area (Å²) in [5.41, 5.74) is 1.58. The topological polar surface area (TPSA) is 54.5 Å². The first-order chi connectivity index (χ1) is 8.63. The van der Waals surface area contributed by atoms with Crippen molar-refractivity contribution in [3.05, 3.63) is 40.5 Å². The molecule has 3 aromatic rings. The van der Waals surface area contributed by atoms with Gasteiger partial charge in [-0.25, -0.2) is 14.4 Å². The van der Waals surface area contributed by atoms with E-state index in [0.717, 1.165) is 6.20 Å². The number of nitrogens with zero attached hydrogens (tertiary/aromatic N) is 3. The Kier molecular flexibility index (Phi) is 2.65. The van der Waals surface area contributed by atoms with E-state index in [-0.39, 0.29) is 5.15 Å². The van der Waals surface area contributed by atoms with E-state index >= 15 is 0 Å². The van der Waals surface area contributed by atoms with Crippen LogP contribution in [-0.4, -0.2) is 19.9 Å². The lowest BCUT2D eigenvalue weighted by Gasteiger charge is -1.94. The maximum absolute atomic E-state index is 13.1. The number of hydrogen-bond donors (Lipinski definition) is 1. The van der Waals surface area contributed by atoms with Crippen LogP contribution in [0.2, 0.25) is 10.2 Å². The van der Waals surface area contributed by atoms with Crippen molar-refractivity contribution in [3.63, 3.8) is 0 Å². The molecule has 0 bridgehead atoms. The Morgan fingerprint density at radius 3 is 2.72 bits per heavy atom. The van der Waals surface area contributed by atoms with E-state index in [9.17, 15) is 4.39 Å². The SMILES string of the molecule is Fc1cncc(-c2nc3nc(Cl)c(Cl)cc3[nH]2)c1. The number of fused-ring (bicyclic) bond motifs is 1. The summed E-state index contributed by atoms with van der Waals surface area (Å²) >= 11 is 11.7. The molecular weight excluding hydrogens is 278 g/mol. The van der Waals surface area contributed by atoms with Gasteiger partial charge in [0.25, 0.3) is 0 Å². The molecule has 0 fully saturated rings. The molecule has 0 aliphatic rings. The third kappa shape index (κ3) is 1.91. The maximum Gasteiger partial charge on any atom is 0.179 e. The molecule has 1 N–H and O–H groups in total. The molecule has 4 nitrogen and oxygen atoms in total. The number of aromatic nitrogens is 4. The van der Waals surface area contributed by atoms with E-state index in [1.807, 2.05) is 0 Å². The van der Waals surface area contributed by atoms with Gasteiger partial charge < -0.3 is 4.98 Å². The zero-order valence-electron chi connectivity index (χ0n) is 8.78. The minimum absolute atomic E-state index is 0.180. The van der Waals surface area contributed by atoms with Crippen LogP contribution in [0.15, 0.2) is 24.5 Å². The van der Waals surface area contributed by atoms with Gasteiger partial charge in [-0.15, -0.1) is 0 Å². The van der Waals surface area contributed by atoms with E-state index in [1.54, 1.807) is 6.07 Å². The highest BCUT2D eigenvalue weighted by Gasteiger charge is 2.10. The Bertz CT molecular complexity index is 702. The molecular formula is C11H5Cl2FN4. The van der Waals surface area contributed by atoms with Crippen LogP contribution < -0.4 is 0 Å². The third-order valence-electron chi connectivity index (χ3n) is 2.36. The standard InChI is InChI=1S/C11H5Cl2FN4/c12-7-2-8-11(17-9(7)13)18-10(16-8)5-1-6(14)4-15-3-5/h1-4H,(H,16,17,18). The quantitative estimate of drug-likeness (QED) is 0.696. The molecule has 0 aliphatic carbocycles. The normalized spacial score (nSPS) is 11.1. The predicted octanol–water partition coefficient (Wildman–Crippen LogP) is 3.47. The predicted molar refractivity (Wildman–Crippen MR) is 67.1 cm³/mol. The van der Waals surface area contributed by atoms with Gasteiger partial charge in [0, 0.05) is 11.8 Å². The molecule has 0 saturated heterocycles. The van der Waals surface area contributed by atoms with Crippen LogP contribution in [-0.2, 0) is 0 Å². The fraction of sp³-hybridized carbons (Fsp3) is 0. The Morgan fingerprint density at radius 2 is 1.94 bits per heavy atom. The monoisotopic (exact) mass is 282 g/mol. The zero-order valence-corrected chi connectivity index (χ0v) is 10.3. The lowest BCUT2D eigenvalue weighted by Crippen LogP contribution is -1.84. The summed E-state index contributed by atoms with van der Waals surface area (Å²) in [7, 11) is 0. The first-order valence-corrected chi connectivity index (χ1v) is 5.72. The molecule has 18 heavy (non-hydrogen) atoms. The number of aromatic amines is 1. The maximum atomic E-state index is 13.1. The summed E-state index contributed by atoms with van der Waals surface area (Å²) in [5, 5.41) is 0.510. The van der Waals surface area contributed by atoms with Crippen LogP contribution in [0.3, 0.4) is 0 Å². The minimum Gasteiger partial charge on any atom is -0.336 e. The fourth-order valence-electron chi connectivity index (χ4n) is 1.57. The number of imidazole rings is 1. The lowest BCUT2D eigenvalue weighted by molar-refractivity contribution is 0.622. The molecule has 3 heterocycles. The van der Waals surface area contributed by atoms with E-state index in [2.05, 4.69) is 19.9 Å². The minimum atomic E-state index is -0.433. The number of nitrogens with one attached hydrogen (secondary N) is 1. The van der Waals surface area contributed by atoms with Crippen molar-refractivity contribution in [2.45, 2.75) is 0 Å². The molecule has 0 atom stereocenters. The second-order valence-electron chi connectivity index (χ2n) is 3.61. The van der Waals surface area contributed by atoms with Crippen molar-refractivity contribution in [2.24, 2.45) is 0 Å². The van der Waals surface area contributed by atoms with Crippen molar-refractivity contribution in [1.29, 1.82) is 0 Å². The molecule has 7 heteroatoms. The second-order valence-corrected chi connectivity index (χ2v) is 4.37. The molecule has 0 spiro atoms. The second kappa shape index (κ2) is 4.19. The van der Waals surface area contributed by atoms with Crippen LogP contribution in [0.4, 0.5) is 4.39 Å². The van der Waals surface area contributed by atoms with Gasteiger partial charge in [-0.05, 0) is 12.1 Å². The van der Waals surface area contributed by atoms with Crippen molar-refractivity contribution in [2.75, 3.05) is 0 Å². The average molecular weight is 283 g/mol. The number of pyridine rings is 2. The Labute approximate surface area is 111 Å². The summed E-state index contributed by atoms with van der Waals surface area (Å²) in [6.45, 7) is 0. The van der Waals surface area contributed by atoms with Crippen LogP contribution in [0.25, 0.3) is 22.6 Å². The number of hydrogen-bond acceptors (Lipinski definition) is 3. The van der Waals surface area contributed by atoms with Crippen LogP contribution in [0.5, 0.6) is 0 Å². The average Bonchev–Trinajstić information content (AvgIpc) is 2.73. The summed E-state index contributed by atoms with van der Waals surface area (Å²) in [5.74, 6) is 0.0276. The lowest BCUT2D eigenvalue weighted by atomic mass is 10.3.